The Morgan fingerprint density at radius 1 is 1.06 bits per heavy atom. The van der Waals surface area contributed by atoms with Gasteiger partial charge in [0.25, 0.3) is 0 Å². The van der Waals surface area contributed by atoms with Gasteiger partial charge >= 0.3 is 5.97 Å². The third-order valence-corrected chi connectivity index (χ3v) is 5.89. The summed E-state index contributed by atoms with van der Waals surface area (Å²) in [6.07, 6.45) is 1.61. The first kappa shape index (κ1) is 21.7. The molecule has 1 atom stereocenters. The molecule has 0 amide bonds. The first-order valence-corrected chi connectivity index (χ1v) is 10.9. The molecule has 0 N–H and O–H groups in total. The zero-order chi connectivity index (χ0) is 22.7. The van der Waals surface area contributed by atoms with Crippen LogP contribution in [0, 0.1) is 0 Å². The van der Waals surface area contributed by atoms with Crippen molar-refractivity contribution in [2.75, 3.05) is 50.3 Å². The van der Waals surface area contributed by atoms with Crippen molar-refractivity contribution in [2.45, 2.75) is 19.9 Å². The maximum atomic E-state index is 12.8. The fourth-order valence-corrected chi connectivity index (χ4v) is 4.43. The zero-order valence-electron chi connectivity index (χ0n) is 19.0. The third-order valence-electron chi connectivity index (χ3n) is 5.89. The van der Waals surface area contributed by atoms with Gasteiger partial charge in [0.05, 0.1) is 32.2 Å². The quantitative estimate of drug-likeness (QED) is 0.539. The molecule has 0 bridgehead atoms. The number of pyridine rings is 1. The lowest BCUT2D eigenvalue weighted by atomic mass is 10.0. The SMILES string of the molecule is CCOC(=O)c1cnc2c(OC)cccc2c1N1CCN(c2ccccc2OC)C(C)C1. The number of ether oxygens (including phenoxy) is 3. The second-order valence-corrected chi connectivity index (χ2v) is 7.76. The van der Waals surface area contributed by atoms with Crippen molar-refractivity contribution < 1.29 is 19.0 Å². The number of hydrogen-bond donors (Lipinski definition) is 0. The highest BCUT2D eigenvalue weighted by atomic mass is 16.5. The van der Waals surface area contributed by atoms with E-state index in [2.05, 4.69) is 27.8 Å². The van der Waals surface area contributed by atoms with Crippen LogP contribution in [0.1, 0.15) is 24.2 Å². The predicted molar refractivity (Wildman–Crippen MR) is 126 cm³/mol. The Labute approximate surface area is 188 Å². The molecule has 1 unspecified atom stereocenters. The van der Waals surface area contributed by atoms with E-state index in [1.54, 1.807) is 20.4 Å². The largest absolute Gasteiger partial charge is 0.495 e. The highest BCUT2D eigenvalue weighted by molar-refractivity contribution is 6.06. The molecule has 7 heteroatoms. The normalized spacial score (nSPS) is 16.2. The molecule has 32 heavy (non-hydrogen) atoms. The van der Waals surface area contributed by atoms with Gasteiger partial charge in [-0.2, -0.15) is 0 Å². The van der Waals surface area contributed by atoms with Crippen LogP contribution in [0.15, 0.2) is 48.7 Å². The molecule has 4 rings (SSSR count). The molecule has 1 fully saturated rings. The van der Waals surface area contributed by atoms with Crippen molar-refractivity contribution in [3.63, 3.8) is 0 Å². The van der Waals surface area contributed by atoms with E-state index < -0.39 is 0 Å². The van der Waals surface area contributed by atoms with Gasteiger partial charge in [-0.15, -0.1) is 0 Å². The second kappa shape index (κ2) is 9.34. The standard InChI is InChI=1S/C25H29N3O4/c1-5-32-25(29)19-15-26-23-18(9-8-12-22(23)31-4)24(19)27-13-14-28(17(2)16-27)20-10-6-7-11-21(20)30-3/h6-12,15,17H,5,13-14,16H2,1-4H3. The fourth-order valence-electron chi connectivity index (χ4n) is 4.43. The zero-order valence-corrected chi connectivity index (χ0v) is 19.0. The first-order chi connectivity index (χ1) is 15.6. The van der Waals surface area contributed by atoms with Crippen molar-refractivity contribution in [3.05, 3.63) is 54.2 Å². The molecule has 2 aromatic carbocycles. The van der Waals surface area contributed by atoms with Crippen LogP contribution < -0.4 is 19.3 Å². The Hall–Kier alpha value is -3.48. The van der Waals surface area contributed by atoms with E-state index in [4.69, 9.17) is 14.2 Å². The van der Waals surface area contributed by atoms with Gasteiger partial charge in [0.15, 0.2) is 0 Å². The Balaban J connectivity index is 1.74. The summed E-state index contributed by atoms with van der Waals surface area (Å²) in [6.45, 7) is 6.58. The van der Waals surface area contributed by atoms with Gasteiger partial charge in [0.2, 0.25) is 0 Å². The third kappa shape index (κ3) is 3.90. The molecule has 7 nitrogen and oxygen atoms in total. The molecular formula is C25H29N3O4. The number of carbonyl (C=O) groups excluding carboxylic acids is 1. The maximum absolute atomic E-state index is 12.8. The number of nitrogens with zero attached hydrogens (tertiary/aromatic N) is 3. The number of benzene rings is 2. The van der Waals surface area contributed by atoms with Crippen molar-refractivity contribution in [1.82, 2.24) is 4.98 Å². The average Bonchev–Trinajstić information content (AvgIpc) is 2.83. The van der Waals surface area contributed by atoms with E-state index >= 15 is 0 Å². The van der Waals surface area contributed by atoms with Crippen LogP contribution in [0.2, 0.25) is 0 Å². The van der Waals surface area contributed by atoms with Gasteiger partial charge in [-0.1, -0.05) is 24.3 Å². The lowest BCUT2D eigenvalue weighted by Crippen LogP contribution is -2.52. The average molecular weight is 436 g/mol. The minimum atomic E-state index is -0.362. The fraction of sp³-hybridized carbons (Fsp3) is 0.360. The summed E-state index contributed by atoms with van der Waals surface area (Å²) in [5.41, 5.74) is 3.14. The minimum Gasteiger partial charge on any atom is -0.495 e. The Morgan fingerprint density at radius 2 is 1.81 bits per heavy atom. The molecule has 0 saturated carbocycles. The van der Waals surface area contributed by atoms with Gasteiger partial charge in [0.1, 0.15) is 22.6 Å². The van der Waals surface area contributed by atoms with Gasteiger partial charge in [-0.3, -0.25) is 4.98 Å². The molecule has 0 aliphatic carbocycles. The summed E-state index contributed by atoms with van der Waals surface area (Å²) in [6, 6.07) is 14.1. The number of carbonyl (C=O) groups is 1. The molecule has 0 radical (unpaired) electrons. The summed E-state index contributed by atoms with van der Waals surface area (Å²) in [7, 11) is 3.32. The van der Waals surface area contributed by atoms with Crippen LogP contribution in [0.4, 0.5) is 11.4 Å². The number of rotatable bonds is 6. The van der Waals surface area contributed by atoms with E-state index in [1.165, 1.54) is 0 Å². The summed E-state index contributed by atoms with van der Waals surface area (Å²) in [5, 5.41) is 0.882. The number of anilines is 2. The molecule has 2 heterocycles. The molecule has 0 spiro atoms. The molecule has 3 aromatic rings. The van der Waals surface area contributed by atoms with Gasteiger partial charge in [-0.05, 0) is 32.0 Å². The topological polar surface area (TPSA) is 64.1 Å². The Morgan fingerprint density at radius 3 is 2.53 bits per heavy atom. The molecule has 1 saturated heterocycles. The Bertz CT molecular complexity index is 1120. The molecular weight excluding hydrogens is 406 g/mol. The summed E-state index contributed by atoms with van der Waals surface area (Å²) in [4.78, 5) is 22.0. The number of esters is 1. The number of piperazine rings is 1. The number of hydrogen-bond acceptors (Lipinski definition) is 7. The van der Waals surface area contributed by atoms with Crippen LogP contribution in [0.3, 0.4) is 0 Å². The maximum Gasteiger partial charge on any atom is 0.341 e. The monoisotopic (exact) mass is 435 g/mol. The van der Waals surface area contributed by atoms with Crippen molar-refractivity contribution in [3.8, 4) is 11.5 Å². The van der Waals surface area contributed by atoms with E-state index in [1.807, 2.05) is 43.3 Å². The second-order valence-electron chi connectivity index (χ2n) is 7.76. The molecule has 1 aliphatic rings. The van der Waals surface area contributed by atoms with Crippen LogP contribution >= 0.6 is 0 Å². The van der Waals surface area contributed by atoms with E-state index in [-0.39, 0.29) is 12.0 Å². The molecule has 1 aliphatic heterocycles. The molecule has 168 valence electrons. The van der Waals surface area contributed by atoms with Gasteiger partial charge < -0.3 is 24.0 Å². The van der Waals surface area contributed by atoms with Crippen molar-refractivity contribution in [1.29, 1.82) is 0 Å². The van der Waals surface area contributed by atoms with Crippen LogP contribution in [-0.4, -0.2) is 57.5 Å². The number of fused-ring (bicyclic) bond motifs is 1. The van der Waals surface area contributed by atoms with Gasteiger partial charge in [-0.25, -0.2) is 4.79 Å². The summed E-state index contributed by atoms with van der Waals surface area (Å²) in [5.74, 6) is 1.18. The van der Waals surface area contributed by atoms with Crippen molar-refractivity contribution >= 4 is 28.2 Å². The highest BCUT2D eigenvalue weighted by Gasteiger charge is 2.30. The lowest BCUT2D eigenvalue weighted by Gasteiger charge is -2.43. The Kier molecular flexibility index (Phi) is 6.35. The van der Waals surface area contributed by atoms with E-state index in [9.17, 15) is 4.79 Å². The van der Waals surface area contributed by atoms with Gasteiger partial charge in [0, 0.05) is 37.3 Å². The number of aromatic nitrogens is 1. The molecule has 1 aromatic heterocycles. The lowest BCUT2D eigenvalue weighted by molar-refractivity contribution is 0.0526. The highest BCUT2D eigenvalue weighted by Crippen LogP contribution is 2.37. The van der Waals surface area contributed by atoms with Crippen molar-refractivity contribution in [2.24, 2.45) is 0 Å². The summed E-state index contributed by atoms with van der Waals surface area (Å²) < 4.78 is 16.4. The van der Waals surface area contributed by atoms with E-state index in [0.717, 1.165) is 47.7 Å². The number of methoxy groups -OCH3 is 2. The predicted octanol–water partition coefficient (Wildman–Crippen LogP) is 4.14. The summed E-state index contributed by atoms with van der Waals surface area (Å²) >= 11 is 0. The minimum absolute atomic E-state index is 0.198. The number of para-hydroxylation sites is 3. The van der Waals surface area contributed by atoms with Crippen LogP contribution in [0.5, 0.6) is 11.5 Å². The van der Waals surface area contributed by atoms with E-state index in [0.29, 0.717) is 17.9 Å². The first-order valence-electron chi connectivity index (χ1n) is 10.9. The smallest absolute Gasteiger partial charge is 0.341 e. The van der Waals surface area contributed by atoms with Crippen LogP contribution in [-0.2, 0) is 4.74 Å². The van der Waals surface area contributed by atoms with Crippen LogP contribution in [0.25, 0.3) is 10.9 Å².